The molecule has 0 fully saturated rings. The van der Waals surface area contributed by atoms with E-state index in [4.69, 9.17) is 0 Å². The first-order chi connectivity index (χ1) is 6.83. The molecular formula is C9H19BrN2O2S. The first kappa shape index (κ1) is 15.1. The lowest BCUT2D eigenvalue weighted by atomic mass is 10.4. The van der Waals surface area contributed by atoms with E-state index in [2.05, 4.69) is 32.5 Å². The topological polar surface area (TPSA) is 58.2 Å². The van der Waals surface area contributed by atoms with Gasteiger partial charge in [0.15, 0.2) is 0 Å². The average molecular weight is 299 g/mol. The van der Waals surface area contributed by atoms with Gasteiger partial charge in [-0.1, -0.05) is 36.4 Å². The Kier molecular flexibility index (Phi) is 7.42. The molecule has 0 spiro atoms. The van der Waals surface area contributed by atoms with Gasteiger partial charge >= 0.3 is 0 Å². The second-order valence-corrected chi connectivity index (χ2v) is 6.67. The van der Waals surface area contributed by atoms with Crippen molar-refractivity contribution in [2.24, 2.45) is 0 Å². The molecular weight excluding hydrogens is 280 g/mol. The fourth-order valence-corrected chi connectivity index (χ4v) is 2.30. The van der Waals surface area contributed by atoms with Crippen LogP contribution in [0.3, 0.4) is 0 Å². The highest BCUT2D eigenvalue weighted by Crippen LogP contribution is 1.99. The lowest BCUT2D eigenvalue weighted by Crippen LogP contribution is -2.30. The van der Waals surface area contributed by atoms with Crippen molar-refractivity contribution in [3.63, 3.8) is 0 Å². The third-order valence-corrected chi connectivity index (χ3v) is 3.32. The van der Waals surface area contributed by atoms with Gasteiger partial charge in [0.2, 0.25) is 10.0 Å². The van der Waals surface area contributed by atoms with Crippen LogP contribution >= 0.6 is 15.9 Å². The molecule has 0 saturated carbocycles. The van der Waals surface area contributed by atoms with Gasteiger partial charge < -0.3 is 5.32 Å². The van der Waals surface area contributed by atoms with Crippen molar-refractivity contribution in [2.45, 2.75) is 26.3 Å². The Morgan fingerprint density at radius 3 is 2.53 bits per heavy atom. The first-order valence-corrected chi connectivity index (χ1v) is 7.32. The van der Waals surface area contributed by atoms with Crippen molar-refractivity contribution in [1.29, 1.82) is 0 Å². The van der Waals surface area contributed by atoms with Crippen LogP contribution in [0, 0.1) is 0 Å². The molecule has 0 atom stereocenters. The quantitative estimate of drug-likeness (QED) is 0.662. The zero-order valence-electron chi connectivity index (χ0n) is 9.22. The molecule has 0 saturated heterocycles. The number of halogens is 1. The largest absolute Gasteiger partial charge is 0.314 e. The highest BCUT2D eigenvalue weighted by atomic mass is 79.9. The third kappa shape index (κ3) is 10.4. The fourth-order valence-electron chi connectivity index (χ4n) is 0.913. The molecule has 0 radical (unpaired) electrons. The minimum atomic E-state index is -3.16. The summed E-state index contributed by atoms with van der Waals surface area (Å²) in [6.07, 6.45) is 0.613. The van der Waals surface area contributed by atoms with Gasteiger partial charge in [-0.05, 0) is 13.0 Å². The molecule has 0 unspecified atom stereocenters. The van der Waals surface area contributed by atoms with Crippen molar-refractivity contribution in [2.75, 3.05) is 18.8 Å². The van der Waals surface area contributed by atoms with Gasteiger partial charge in [0, 0.05) is 17.1 Å². The van der Waals surface area contributed by atoms with E-state index in [1.165, 1.54) is 0 Å². The maximum atomic E-state index is 11.4. The van der Waals surface area contributed by atoms with Crippen LogP contribution in [-0.2, 0) is 10.0 Å². The van der Waals surface area contributed by atoms with Gasteiger partial charge in [0.05, 0.1) is 5.75 Å². The molecule has 0 aliphatic rings. The summed E-state index contributed by atoms with van der Waals surface area (Å²) < 4.78 is 25.8. The maximum Gasteiger partial charge on any atom is 0.211 e. The van der Waals surface area contributed by atoms with Crippen molar-refractivity contribution >= 4 is 26.0 Å². The van der Waals surface area contributed by atoms with E-state index in [9.17, 15) is 8.42 Å². The summed E-state index contributed by atoms with van der Waals surface area (Å²) in [6.45, 7) is 8.58. The predicted molar refractivity (Wildman–Crippen MR) is 67.6 cm³/mol. The van der Waals surface area contributed by atoms with Gasteiger partial charge in [-0.2, -0.15) is 0 Å². The summed E-state index contributed by atoms with van der Waals surface area (Å²) in [6, 6.07) is 0.392. The molecule has 0 aromatic carbocycles. The SMILES string of the molecule is C=C(Br)CNS(=O)(=O)CCCNC(C)C. The standard InChI is InChI=1S/C9H19BrN2O2S/c1-8(2)11-5-4-6-15(13,14)12-7-9(3)10/h8,11-12H,3-7H2,1-2H3. The Morgan fingerprint density at radius 2 is 2.07 bits per heavy atom. The van der Waals surface area contributed by atoms with Crippen LogP contribution in [0.1, 0.15) is 20.3 Å². The van der Waals surface area contributed by atoms with Crippen LogP contribution in [-0.4, -0.2) is 33.3 Å². The molecule has 0 bridgehead atoms. The van der Waals surface area contributed by atoms with Crippen molar-refractivity contribution in [3.8, 4) is 0 Å². The third-order valence-electron chi connectivity index (χ3n) is 1.63. The maximum absolute atomic E-state index is 11.4. The molecule has 0 aromatic rings. The van der Waals surface area contributed by atoms with Gasteiger partial charge in [0.25, 0.3) is 0 Å². The Morgan fingerprint density at radius 1 is 1.47 bits per heavy atom. The van der Waals surface area contributed by atoms with E-state index in [1.54, 1.807) is 0 Å². The number of nitrogens with one attached hydrogen (secondary N) is 2. The smallest absolute Gasteiger partial charge is 0.211 e. The number of rotatable bonds is 8. The van der Waals surface area contributed by atoms with Crippen LogP contribution in [0.5, 0.6) is 0 Å². The van der Waals surface area contributed by atoms with Crippen LogP contribution in [0.2, 0.25) is 0 Å². The average Bonchev–Trinajstić information content (AvgIpc) is 2.09. The summed E-state index contributed by atoms with van der Waals surface area (Å²) in [5, 5.41) is 3.16. The Labute approximate surface area is 101 Å². The zero-order valence-corrected chi connectivity index (χ0v) is 11.6. The molecule has 0 aliphatic heterocycles. The van der Waals surface area contributed by atoms with E-state index in [0.29, 0.717) is 23.5 Å². The molecule has 4 nitrogen and oxygen atoms in total. The second kappa shape index (κ2) is 7.38. The molecule has 6 heteroatoms. The summed E-state index contributed by atoms with van der Waals surface area (Å²) in [7, 11) is -3.16. The molecule has 2 N–H and O–H groups in total. The van der Waals surface area contributed by atoms with Crippen LogP contribution in [0.25, 0.3) is 0 Å². The highest BCUT2D eigenvalue weighted by molar-refractivity contribution is 9.11. The minimum absolute atomic E-state index is 0.146. The van der Waals surface area contributed by atoms with E-state index < -0.39 is 10.0 Å². The van der Waals surface area contributed by atoms with Crippen LogP contribution in [0.15, 0.2) is 11.1 Å². The molecule has 0 rings (SSSR count). The summed E-state index contributed by atoms with van der Waals surface area (Å²) >= 11 is 3.09. The molecule has 0 aliphatic carbocycles. The molecule has 0 heterocycles. The highest BCUT2D eigenvalue weighted by Gasteiger charge is 2.08. The van der Waals surface area contributed by atoms with Crippen molar-refractivity contribution in [3.05, 3.63) is 11.1 Å². The normalized spacial score (nSPS) is 12.0. The van der Waals surface area contributed by atoms with Gasteiger partial charge in [-0.25, -0.2) is 13.1 Å². The minimum Gasteiger partial charge on any atom is -0.314 e. The lowest BCUT2D eigenvalue weighted by molar-refractivity contribution is 0.563. The molecule has 15 heavy (non-hydrogen) atoms. The summed E-state index contributed by atoms with van der Waals surface area (Å²) in [5.74, 6) is 0.146. The Bertz CT molecular complexity index is 288. The molecule has 0 amide bonds. The van der Waals surface area contributed by atoms with E-state index in [-0.39, 0.29) is 12.3 Å². The first-order valence-electron chi connectivity index (χ1n) is 4.87. The number of sulfonamides is 1. The Hall–Kier alpha value is 0.0900. The van der Waals surface area contributed by atoms with E-state index >= 15 is 0 Å². The van der Waals surface area contributed by atoms with Gasteiger partial charge in [-0.15, -0.1) is 0 Å². The van der Waals surface area contributed by atoms with Crippen molar-refractivity contribution < 1.29 is 8.42 Å². The van der Waals surface area contributed by atoms with Crippen LogP contribution in [0.4, 0.5) is 0 Å². The number of hydrogen-bond donors (Lipinski definition) is 2. The summed E-state index contributed by atoms with van der Waals surface area (Å²) in [4.78, 5) is 0. The number of hydrogen-bond acceptors (Lipinski definition) is 3. The Balaban J connectivity index is 3.70. The zero-order chi connectivity index (χ0) is 11.9. The van der Waals surface area contributed by atoms with Crippen molar-refractivity contribution in [1.82, 2.24) is 10.0 Å². The van der Waals surface area contributed by atoms with E-state index in [1.807, 2.05) is 13.8 Å². The van der Waals surface area contributed by atoms with Gasteiger partial charge in [-0.3, -0.25) is 0 Å². The molecule has 90 valence electrons. The lowest BCUT2D eigenvalue weighted by Gasteiger charge is -2.08. The second-order valence-electron chi connectivity index (χ2n) is 3.62. The predicted octanol–water partition coefficient (Wildman–Crippen LogP) is 1.20. The van der Waals surface area contributed by atoms with E-state index in [0.717, 1.165) is 0 Å². The fraction of sp³-hybridized carbons (Fsp3) is 0.778. The molecule has 0 aromatic heterocycles. The van der Waals surface area contributed by atoms with Crippen LogP contribution < -0.4 is 10.0 Å². The summed E-state index contributed by atoms with van der Waals surface area (Å²) in [5.41, 5.74) is 0. The monoisotopic (exact) mass is 298 g/mol. The van der Waals surface area contributed by atoms with Gasteiger partial charge in [0.1, 0.15) is 0 Å².